The van der Waals surface area contributed by atoms with E-state index in [2.05, 4.69) is 28.5 Å². The first-order valence-corrected chi connectivity index (χ1v) is 12.0. The van der Waals surface area contributed by atoms with Crippen molar-refractivity contribution in [2.75, 3.05) is 44.6 Å². The highest BCUT2D eigenvalue weighted by Gasteiger charge is 2.11. The molecule has 3 aromatic rings. The van der Waals surface area contributed by atoms with Gasteiger partial charge in [-0.1, -0.05) is 30.8 Å². The number of fused-ring (bicyclic) bond motifs is 1. The van der Waals surface area contributed by atoms with E-state index < -0.39 is 0 Å². The zero-order valence-corrected chi connectivity index (χ0v) is 20.2. The minimum absolute atomic E-state index is 0.328. The largest absolute Gasteiger partial charge is 0.495 e. The molecule has 0 saturated carbocycles. The minimum atomic E-state index is 0.328. The number of nitrogens with one attached hydrogen (secondary N) is 2. The standard InChI is InChI=1S/C21H17N3O2.C5H13NS/c1-14(11-22)12-23-21-18-10-16(19-5-3-4-17(13-25)24-19)7-6-15(18)8-9-20(21)26-2;1-6-4-3-5-7-2/h3-10,13,23H,1,12H2,2H3;6H,3-5H2,1-2H3. The summed E-state index contributed by atoms with van der Waals surface area (Å²) in [5.41, 5.74) is 3.20. The smallest absolute Gasteiger partial charge is 0.168 e. The van der Waals surface area contributed by atoms with E-state index in [9.17, 15) is 4.79 Å². The average molecular weight is 463 g/mol. The van der Waals surface area contributed by atoms with E-state index in [-0.39, 0.29) is 0 Å². The zero-order valence-electron chi connectivity index (χ0n) is 19.4. The van der Waals surface area contributed by atoms with Crippen molar-refractivity contribution in [3.05, 3.63) is 66.4 Å². The van der Waals surface area contributed by atoms with E-state index in [4.69, 9.17) is 10.00 Å². The molecule has 0 spiro atoms. The third-order valence-electron chi connectivity index (χ3n) is 4.80. The van der Waals surface area contributed by atoms with Gasteiger partial charge < -0.3 is 15.4 Å². The quantitative estimate of drug-likeness (QED) is 0.244. The lowest BCUT2D eigenvalue weighted by atomic mass is 10.0. The lowest BCUT2D eigenvalue weighted by Gasteiger charge is -2.15. The van der Waals surface area contributed by atoms with Gasteiger partial charge in [-0.3, -0.25) is 4.79 Å². The van der Waals surface area contributed by atoms with Crippen molar-refractivity contribution in [3.63, 3.8) is 0 Å². The zero-order chi connectivity index (χ0) is 24.1. The van der Waals surface area contributed by atoms with Crippen molar-refractivity contribution in [2.24, 2.45) is 0 Å². The van der Waals surface area contributed by atoms with Gasteiger partial charge in [0.15, 0.2) is 6.29 Å². The molecule has 3 rings (SSSR count). The molecule has 7 heteroatoms. The van der Waals surface area contributed by atoms with Crippen molar-refractivity contribution >= 4 is 34.5 Å². The number of aldehydes is 1. The highest BCUT2D eigenvalue weighted by Crippen LogP contribution is 2.35. The number of anilines is 1. The number of hydrogen-bond acceptors (Lipinski definition) is 7. The SMILES string of the molecule is C=C(C#N)CNc1c(OC)ccc2ccc(-c3cccc(C=O)n3)cc12.CNCCCSC. The molecule has 0 radical (unpaired) electrons. The first-order valence-electron chi connectivity index (χ1n) is 10.6. The second-order valence-corrected chi connectivity index (χ2v) is 8.15. The van der Waals surface area contributed by atoms with Gasteiger partial charge in [0.2, 0.25) is 0 Å². The Morgan fingerprint density at radius 1 is 1.27 bits per heavy atom. The first-order chi connectivity index (χ1) is 16.1. The van der Waals surface area contributed by atoms with Crippen LogP contribution in [0.5, 0.6) is 5.75 Å². The van der Waals surface area contributed by atoms with Crippen molar-refractivity contribution in [1.82, 2.24) is 10.3 Å². The van der Waals surface area contributed by atoms with Gasteiger partial charge in [-0.05, 0) is 61.7 Å². The Bertz CT molecular complexity index is 1120. The van der Waals surface area contributed by atoms with Gasteiger partial charge >= 0.3 is 0 Å². The number of thioether (sulfide) groups is 1. The van der Waals surface area contributed by atoms with Crippen LogP contribution >= 0.6 is 11.8 Å². The molecule has 1 heterocycles. The molecule has 33 heavy (non-hydrogen) atoms. The number of nitriles is 1. The van der Waals surface area contributed by atoms with E-state index in [1.54, 1.807) is 19.2 Å². The van der Waals surface area contributed by atoms with Gasteiger partial charge in [-0.2, -0.15) is 17.0 Å². The van der Waals surface area contributed by atoms with Crippen LogP contribution in [0, 0.1) is 11.3 Å². The topological polar surface area (TPSA) is 87.0 Å². The van der Waals surface area contributed by atoms with Crippen LogP contribution in [0.15, 0.2) is 60.7 Å². The second-order valence-electron chi connectivity index (χ2n) is 7.16. The van der Waals surface area contributed by atoms with Gasteiger partial charge in [0.25, 0.3) is 0 Å². The number of hydrogen-bond donors (Lipinski definition) is 2. The molecule has 0 amide bonds. The maximum absolute atomic E-state index is 11.0. The molecule has 0 bridgehead atoms. The van der Waals surface area contributed by atoms with Crippen LogP contribution in [0.1, 0.15) is 16.9 Å². The van der Waals surface area contributed by atoms with Gasteiger partial charge in [0.1, 0.15) is 11.4 Å². The number of ether oxygens (including phenoxy) is 1. The maximum atomic E-state index is 11.0. The van der Waals surface area contributed by atoms with E-state index in [1.165, 1.54) is 12.2 Å². The summed E-state index contributed by atoms with van der Waals surface area (Å²) in [4.78, 5) is 15.3. The van der Waals surface area contributed by atoms with Gasteiger partial charge in [0.05, 0.1) is 24.6 Å². The second kappa shape index (κ2) is 13.9. The molecule has 0 unspecified atom stereocenters. The summed E-state index contributed by atoms with van der Waals surface area (Å²) in [7, 11) is 3.59. The Morgan fingerprint density at radius 3 is 2.73 bits per heavy atom. The molecule has 1 aromatic heterocycles. The number of carbonyl (C=O) groups excluding carboxylic acids is 1. The number of rotatable bonds is 10. The lowest BCUT2D eigenvalue weighted by Crippen LogP contribution is -2.07. The van der Waals surface area contributed by atoms with E-state index >= 15 is 0 Å². The average Bonchev–Trinajstić information content (AvgIpc) is 2.87. The molecule has 2 aromatic carbocycles. The van der Waals surface area contributed by atoms with Crippen molar-refractivity contribution in [3.8, 4) is 23.1 Å². The molecule has 0 atom stereocenters. The highest BCUT2D eigenvalue weighted by molar-refractivity contribution is 7.98. The lowest BCUT2D eigenvalue weighted by molar-refractivity contribution is 0.111. The van der Waals surface area contributed by atoms with Crippen LogP contribution in [0.4, 0.5) is 5.69 Å². The molecule has 0 aliphatic heterocycles. The fraction of sp³-hybridized carbons (Fsp3) is 0.269. The molecule has 2 N–H and O–H groups in total. The van der Waals surface area contributed by atoms with Crippen LogP contribution < -0.4 is 15.4 Å². The molecular formula is C26H30N4O2S. The predicted molar refractivity (Wildman–Crippen MR) is 139 cm³/mol. The summed E-state index contributed by atoms with van der Waals surface area (Å²) < 4.78 is 5.46. The van der Waals surface area contributed by atoms with Crippen LogP contribution in [0.3, 0.4) is 0 Å². The summed E-state index contributed by atoms with van der Waals surface area (Å²) in [5, 5.41) is 17.2. The summed E-state index contributed by atoms with van der Waals surface area (Å²) in [5.74, 6) is 1.95. The van der Waals surface area contributed by atoms with Crippen molar-refractivity contribution in [1.29, 1.82) is 5.26 Å². The number of methoxy groups -OCH3 is 1. The van der Waals surface area contributed by atoms with E-state index in [0.717, 1.165) is 34.9 Å². The van der Waals surface area contributed by atoms with Crippen LogP contribution in [-0.4, -0.2) is 50.5 Å². The summed E-state index contributed by atoms with van der Waals surface area (Å²) >= 11 is 1.90. The van der Waals surface area contributed by atoms with Crippen LogP contribution in [-0.2, 0) is 0 Å². The number of carbonyl (C=O) groups is 1. The molecule has 0 fully saturated rings. The molecule has 0 saturated heterocycles. The van der Waals surface area contributed by atoms with E-state index in [0.29, 0.717) is 29.3 Å². The van der Waals surface area contributed by atoms with Crippen molar-refractivity contribution in [2.45, 2.75) is 6.42 Å². The summed E-state index contributed by atoms with van der Waals surface area (Å²) in [6, 6.07) is 17.2. The summed E-state index contributed by atoms with van der Waals surface area (Å²) in [6.45, 7) is 5.18. The molecule has 172 valence electrons. The molecule has 0 aliphatic carbocycles. The molecule has 0 aliphatic rings. The van der Waals surface area contributed by atoms with Crippen LogP contribution in [0.2, 0.25) is 0 Å². The molecule has 6 nitrogen and oxygen atoms in total. The Kier molecular flexibility index (Phi) is 10.9. The molecular weight excluding hydrogens is 432 g/mol. The Hall–Kier alpha value is -3.34. The summed E-state index contributed by atoms with van der Waals surface area (Å²) in [6.07, 6.45) is 4.15. The third kappa shape index (κ3) is 7.63. The Balaban J connectivity index is 0.000000479. The number of aromatic nitrogens is 1. The first kappa shape index (κ1) is 25.9. The van der Waals surface area contributed by atoms with Crippen molar-refractivity contribution < 1.29 is 9.53 Å². The highest BCUT2D eigenvalue weighted by atomic mass is 32.2. The van der Waals surface area contributed by atoms with Gasteiger partial charge in [-0.25, -0.2) is 4.98 Å². The number of nitrogens with zero attached hydrogens (tertiary/aromatic N) is 2. The number of benzene rings is 2. The predicted octanol–water partition coefficient (Wildman–Crippen LogP) is 5.17. The Morgan fingerprint density at radius 2 is 2.06 bits per heavy atom. The fourth-order valence-electron chi connectivity index (χ4n) is 3.12. The maximum Gasteiger partial charge on any atom is 0.168 e. The number of pyridine rings is 1. The minimum Gasteiger partial charge on any atom is -0.495 e. The van der Waals surface area contributed by atoms with E-state index in [1.807, 2.05) is 61.3 Å². The monoisotopic (exact) mass is 462 g/mol. The third-order valence-corrected chi connectivity index (χ3v) is 5.50. The van der Waals surface area contributed by atoms with Crippen LogP contribution in [0.25, 0.3) is 22.0 Å². The van der Waals surface area contributed by atoms with Gasteiger partial charge in [0, 0.05) is 23.1 Å². The normalized spacial score (nSPS) is 10.0. The Labute approximate surface area is 200 Å². The van der Waals surface area contributed by atoms with Gasteiger partial charge in [-0.15, -0.1) is 0 Å². The fourth-order valence-corrected chi connectivity index (χ4v) is 3.55.